The van der Waals surface area contributed by atoms with E-state index < -0.39 is 30.4 Å². The van der Waals surface area contributed by atoms with E-state index in [0.29, 0.717) is 13.2 Å². The fourth-order valence-corrected chi connectivity index (χ4v) is 5.15. The van der Waals surface area contributed by atoms with Gasteiger partial charge in [0.15, 0.2) is 0 Å². The number of hydrogen-bond donors (Lipinski definition) is 1. The van der Waals surface area contributed by atoms with E-state index in [1.165, 1.54) is 0 Å². The summed E-state index contributed by atoms with van der Waals surface area (Å²) in [6, 6.07) is 37.6. The summed E-state index contributed by atoms with van der Waals surface area (Å²) in [6.45, 7) is 1.36. The first-order valence-corrected chi connectivity index (χ1v) is 14.2. The van der Waals surface area contributed by atoms with Gasteiger partial charge in [0.2, 0.25) is 0 Å². The molecule has 1 aliphatic heterocycles. The highest BCUT2D eigenvalue weighted by Crippen LogP contribution is 2.31. The lowest BCUT2D eigenvalue weighted by Gasteiger charge is -2.30. The zero-order valence-corrected chi connectivity index (χ0v) is 23.5. The lowest BCUT2D eigenvalue weighted by atomic mass is 10.1. The average Bonchev–Trinajstić information content (AvgIpc) is 3.30. The van der Waals surface area contributed by atoms with E-state index in [1.807, 2.05) is 121 Å². The van der Waals surface area contributed by atoms with Crippen LogP contribution < -0.4 is 0 Å². The highest BCUT2D eigenvalue weighted by molar-refractivity contribution is 5.69. The van der Waals surface area contributed by atoms with E-state index in [2.05, 4.69) is 0 Å². The number of aliphatic hydroxyl groups excluding tert-OH is 1. The van der Waals surface area contributed by atoms with E-state index in [-0.39, 0.29) is 26.4 Å². The molecule has 5 rings (SSSR count). The second kappa shape index (κ2) is 15.3. The number of hydrogen-bond acceptors (Lipinski definition) is 6. The van der Waals surface area contributed by atoms with Crippen molar-refractivity contribution in [3.63, 3.8) is 0 Å². The number of carbonyl (C=O) groups is 1. The van der Waals surface area contributed by atoms with Crippen LogP contribution in [0.1, 0.15) is 22.3 Å². The molecule has 7 nitrogen and oxygen atoms in total. The van der Waals surface area contributed by atoms with Crippen molar-refractivity contribution in [3.8, 4) is 0 Å². The highest BCUT2D eigenvalue weighted by Gasteiger charge is 2.52. The SMILES string of the molecule is O=C(OCc1ccccc1)N1[C@H](COCc2ccccc2)[C@@H](O)[C@H](OCc2ccccc2)[C@H]1COCc1ccccc1. The van der Waals surface area contributed by atoms with Gasteiger partial charge < -0.3 is 24.1 Å². The third kappa shape index (κ3) is 8.05. The molecule has 0 unspecified atom stereocenters. The van der Waals surface area contributed by atoms with E-state index in [0.717, 1.165) is 22.3 Å². The molecule has 1 aliphatic rings. The largest absolute Gasteiger partial charge is 0.445 e. The smallest absolute Gasteiger partial charge is 0.410 e. The van der Waals surface area contributed by atoms with Gasteiger partial charge in [-0.15, -0.1) is 0 Å². The Morgan fingerprint density at radius 2 is 0.976 bits per heavy atom. The van der Waals surface area contributed by atoms with Gasteiger partial charge in [0.05, 0.1) is 45.1 Å². The van der Waals surface area contributed by atoms with Crippen molar-refractivity contribution < 1.29 is 28.8 Å². The summed E-state index contributed by atoms with van der Waals surface area (Å²) in [7, 11) is 0. The van der Waals surface area contributed by atoms with Gasteiger partial charge >= 0.3 is 6.09 Å². The van der Waals surface area contributed by atoms with Crippen molar-refractivity contribution in [2.45, 2.75) is 50.7 Å². The predicted octanol–water partition coefficient (Wildman–Crippen LogP) is 5.76. The van der Waals surface area contributed by atoms with Crippen molar-refractivity contribution in [2.75, 3.05) is 13.2 Å². The Kier molecular flexibility index (Phi) is 10.7. The minimum absolute atomic E-state index is 0.108. The van der Waals surface area contributed by atoms with Crippen molar-refractivity contribution >= 4 is 6.09 Å². The monoisotopic (exact) mass is 567 g/mol. The van der Waals surface area contributed by atoms with Crippen LogP contribution in [0.3, 0.4) is 0 Å². The number of nitrogens with zero attached hydrogens (tertiary/aromatic N) is 1. The third-order valence-corrected chi connectivity index (χ3v) is 7.33. The van der Waals surface area contributed by atoms with Crippen LogP contribution in [-0.2, 0) is 45.4 Å². The van der Waals surface area contributed by atoms with Gasteiger partial charge in [0, 0.05) is 0 Å². The van der Waals surface area contributed by atoms with Gasteiger partial charge in [-0.3, -0.25) is 4.90 Å². The molecule has 4 aromatic carbocycles. The number of benzene rings is 4. The van der Waals surface area contributed by atoms with Crippen LogP contribution >= 0.6 is 0 Å². The summed E-state index contributed by atoms with van der Waals surface area (Å²) < 4.78 is 24.3. The molecule has 1 saturated heterocycles. The summed E-state index contributed by atoms with van der Waals surface area (Å²) in [5.41, 5.74) is 3.86. The van der Waals surface area contributed by atoms with Crippen LogP contribution in [0, 0.1) is 0 Å². The quantitative estimate of drug-likeness (QED) is 0.222. The van der Waals surface area contributed by atoms with Crippen LogP contribution in [0.15, 0.2) is 121 Å². The molecule has 0 bridgehead atoms. The molecule has 1 N–H and O–H groups in total. The highest BCUT2D eigenvalue weighted by atomic mass is 16.6. The zero-order valence-electron chi connectivity index (χ0n) is 23.5. The zero-order chi connectivity index (χ0) is 29.0. The van der Waals surface area contributed by atoms with E-state index in [1.54, 1.807) is 4.90 Å². The summed E-state index contributed by atoms with van der Waals surface area (Å²) in [4.78, 5) is 15.3. The molecule has 218 valence electrons. The molecule has 7 heteroatoms. The molecule has 0 radical (unpaired) electrons. The van der Waals surface area contributed by atoms with Crippen molar-refractivity contribution in [2.24, 2.45) is 0 Å². The Labute approximate surface area is 247 Å². The van der Waals surface area contributed by atoms with Crippen LogP contribution in [0.4, 0.5) is 4.79 Å². The molecule has 0 aliphatic carbocycles. The Morgan fingerprint density at radius 3 is 1.45 bits per heavy atom. The van der Waals surface area contributed by atoms with Crippen LogP contribution in [0.2, 0.25) is 0 Å². The van der Waals surface area contributed by atoms with Crippen LogP contribution in [0.25, 0.3) is 0 Å². The maximum absolute atomic E-state index is 13.7. The summed E-state index contributed by atoms with van der Waals surface area (Å²) in [5, 5.41) is 11.6. The Bertz CT molecular complexity index is 1340. The Morgan fingerprint density at radius 1 is 0.571 bits per heavy atom. The Balaban J connectivity index is 1.35. The average molecular weight is 568 g/mol. The fraction of sp³-hybridized carbons (Fsp3) is 0.286. The van der Waals surface area contributed by atoms with E-state index in [9.17, 15) is 9.90 Å². The number of amides is 1. The van der Waals surface area contributed by atoms with Gasteiger partial charge in [-0.1, -0.05) is 121 Å². The topological polar surface area (TPSA) is 77.5 Å². The van der Waals surface area contributed by atoms with Gasteiger partial charge in [-0.05, 0) is 22.3 Å². The number of carbonyl (C=O) groups excluding carboxylic acids is 1. The summed E-state index contributed by atoms with van der Waals surface area (Å²) >= 11 is 0. The number of aliphatic hydroxyl groups is 1. The molecule has 1 fully saturated rings. The second-order valence-electron chi connectivity index (χ2n) is 10.3. The van der Waals surface area contributed by atoms with Gasteiger partial charge in [-0.2, -0.15) is 0 Å². The first-order chi connectivity index (χ1) is 20.7. The number of ether oxygens (including phenoxy) is 4. The predicted molar refractivity (Wildman–Crippen MR) is 159 cm³/mol. The molecular weight excluding hydrogens is 530 g/mol. The van der Waals surface area contributed by atoms with Crippen molar-refractivity contribution in [1.29, 1.82) is 0 Å². The van der Waals surface area contributed by atoms with Gasteiger partial charge in [0.1, 0.15) is 18.8 Å². The maximum Gasteiger partial charge on any atom is 0.410 e. The molecule has 4 aromatic rings. The lowest BCUT2D eigenvalue weighted by Crippen LogP contribution is -2.48. The second-order valence-corrected chi connectivity index (χ2v) is 10.3. The molecule has 4 atom stereocenters. The molecule has 1 amide bonds. The van der Waals surface area contributed by atoms with E-state index in [4.69, 9.17) is 18.9 Å². The molecule has 0 saturated carbocycles. The number of likely N-dealkylation sites (tertiary alicyclic amines) is 1. The van der Waals surface area contributed by atoms with Gasteiger partial charge in [0.25, 0.3) is 0 Å². The molecular formula is C35H37NO6. The minimum Gasteiger partial charge on any atom is -0.445 e. The lowest BCUT2D eigenvalue weighted by molar-refractivity contribution is -0.0583. The number of rotatable bonds is 13. The molecule has 0 aromatic heterocycles. The van der Waals surface area contributed by atoms with Gasteiger partial charge in [-0.25, -0.2) is 4.79 Å². The Hall–Kier alpha value is -4.01. The van der Waals surface area contributed by atoms with E-state index >= 15 is 0 Å². The molecule has 42 heavy (non-hydrogen) atoms. The summed E-state index contributed by atoms with van der Waals surface area (Å²) in [6.07, 6.45) is -2.28. The standard InChI is InChI=1S/C35H37NO6/c37-33-31(25-39-21-27-13-5-1-6-14-27)36(35(38)42-24-30-19-11-4-12-20-30)32(26-40-22-28-15-7-2-8-16-28)34(33)41-23-29-17-9-3-10-18-29/h1-20,31-34,37H,21-26H2/t31-,32-,33-,34-/m1/s1. The molecule has 1 heterocycles. The van der Waals surface area contributed by atoms with Crippen LogP contribution in [-0.4, -0.2) is 53.6 Å². The maximum atomic E-state index is 13.7. The minimum atomic E-state index is -1.01. The first kappa shape index (κ1) is 29.5. The third-order valence-electron chi connectivity index (χ3n) is 7.33. The van der Waals surface area contributed by atoms with Crippen molar-refractivity contribution in [3.05, 3.63) is 144 Å². The van der Waals surface area contributed by atoms with Crippen molar-refractivity contribution in [1.82, 2.24) is 4.90 Å². The molecule has 0 spiro atoms. The first-order valence-electron chi connectivity index (χ1n) is 14.2. The normalized spacial score (nSPS) is 20.0. The van der Waals surface area contributed by atoms with Crippen LogP contribution in [0.5, 0.6) is 0 Å². The summed E-state index contributed by atoms with van der Waals surface area (Å²) in [5.74, 6) is 0. The fourth-order valence-electron chi connectivity index (χ4n) is 5.15.